The summed E-state index contributed by atoms with van der Waals surface area (Å²) in [4.78, 5) is 33.2. The van der Waals surface area contributed by atoms with Crippen LogP contribution < -0.4 is 10.1 Å². The molecule has 2 amide bonds. The first kappa shape index (κ1) is 26.3. The summed E-state index contributed by atoms with van der Waals surface area (Å²) in [5, 5.41) is 10.7. The van der Waals surface area contributed by atoms with Crippen LogP contribution in [0.15, 0.2) is 36.4 Å². The molecule has 0 spiro atoms. The maximum absolute atomic E-state index is 13.6. The third kappa shape index (κ3) is 5.35. The van der Waals surface area contributed by atoms with E-state index >= 15 is 0 Å². The number of methoxy groups -OCH3 is 1. The molecule has 37 heavy (non-hydrogen) atoms. The van der Waals surface area contributed by atoms with Crippen LogP contribution in [0.4, 0.5) is 4.39 Å². The van der Waals surface area contributed by atoms with Crippen LogP contribution in [0.2, 0.25) is 0 Å². The predicted molar refractivity (Wildman–Crippen MR) is 141 cm³/mol. The minimum atomic E-state index is -0.741. The topological polar surface area (TPSA) is 100 Å². The fraction of sp³-hybridized carbons (Fsp3) is 0.429. The monoisotopic (exact) mass is 507 g/mol. The van der Waals surface area contributed by atoms with Gasteiger partial charge in [-0.25, -0.2) is 9.37 Å². The third-order valence-electron chi connectivity index (χ3n) is 6.94. The number of benzene rings is 2. The zero-order valence-corrected chi connectivity index (χ0v) is 21.6. The van der Waals surface area contributed by atoms with Gasteiger partial charge in [-0.1, -0.05) is 18.6 Å². The number of alkyl halides is 1. The van der Waals surface area contributed by atoms with Gasteiger partial charge in [-0.2, -0.15) is 0 Å². The highest BCUT2D eigenvalue weighted by Gasteiger charge is 2.32. The van der Waals surface area contributed by atoms with E-state index < -0.39 is 12.7 Å². The van der Waals surface area contributed by atoms with Gasteiger partial charge in [-0.15, -0.1) is 0 Å². The highest BCUT2D eigenvalue weighted by molar-refractivity contribution is 6.09. The number of unbranched alkanes of at least 4 members (excludes halogenated alkanes) is 1. The largest absolute Gasteiger partial charge is 0.497 e. The van der Waals surface area contributed by atoms with E-state index in [1.807, 2.05) is 44.2 Å². The lowest BCUT2D eigenvalue weighted by Crippen LogP contribution is -2.32. The molecule has 9 heteroatoms. The number of imidazole rings is 1. The van der Waals surface area contributed by atoms with Crippen LogP contribution in [0.25, 0.3) is 11.0 Å². The standard InChI is InChI=1S/C28H34FN5O3/c1-4-33-17-18-9-8-11-21(25(18)28(33)36)27(35)32-22(12-7-6-10-19(30)16-29)26-31-23-15-20(37-3)13-14-24(23)34(26)5-2/h8-9,11,13-15,22,30H,4-7,10,12,16-17H2,1-3H3,(H,32,35)/t22-/m0/s1. The molecule has 0 saturated heterocycles. The van der Waals surface area contributed by atoms with Crippen molar-refractivity contribution in [1.82, 2.24) is 19.8 Å². The molecule has 4 rings (SSSR count). The first-order valence-electron chi connectivity index (χ1n) is 12.8. The van der Waals surface area contributed by atoms with Crippen LogP contribution >= 0.6 is 0 Å². The Morgan fingerprint density at radius 1 is 1.22 bits per heavy atom. The van der Waals surface area contributed by atoms with Crippen LogP contribution in [0.3, 0.4) is 0 Å². The Kier molecular flexibility index (Phi) is 8.21. The van der Waals surface area contributed by atoms with Gasteiger partial charge < -0.3 is 24.9 Å². The zero-order chi connectivity index (χ0) is 26.5. The maximum Gasteiger partial charge on any atom is 0.255 e. The number of carbonyl (C=O) groups excluding carboxylic acids is 2. The first-order chi connectivity index (χ1) is 17.9. The van der Waals surface area contributed by atoms with Gasteiger partial charge in [0, 0.05) is 31.4 Å². The smallest absolute Gasteiger partial charge is 0.255 e. The second-order valence-electron chi connectivity index (χ2n) is 9.24. The van der Waals surface area contributed by atoms with Gasteiger partial charge in [0.1, 0.15) is 18.2 Å². The number of aryl methyl sites for hydroxylation is 1. The maximum atomic E-state index is 13.6. The van der Waals surface area contributed by atoms with E-state index in [0.29, 0.717) is 68.0 Å². The summed E-state index contributed by atoms with van der Waals surface area (Å²) in [5.74, 6) is 0.965. The van der Waals surface area contributed by atoms with Crippen molar-refractivity contribution in [1.29, 1.82) is 5.41 Å². The number of hydrogen-bond donors (Lipinski definition) is 2. The number of carbonyl (C=O) groups is 2. The quantitative estimate of drug-likeness (QED) is 0.264. The minimum Gasteiger partial charge on any atom is -0.497 e. The molecule has 1 aliphatic heterocycles. The molecule has 0 radical (unpaired) electrons. The third-order valence-corrected chi connectivity index (χ3v) is 6.94. The van der Waals surface area contributed by atoms with Gasteiger partial charge in [0.15, 0.2) is 0 Å². The van der Waals surface area contributed by atoms with Gasteiger partial charge in [-0.3, -0.25) is 9.59 Å². The number of rotatable bonds is 12. The Balaban J connectivity index is 1.66. The average molecular weight is 508 g/mol. The fourth-order valence-corrected chi connectivity index (χ4v) is 4.97. The number of hydrogen-bond acceptors (Lipinski definition) is 5. The van der Waals surface area contributed by atoms with E-state index in [1.54, 1.807) is 18.1 Å². The molecule has 2 aromatic carbocycles. The molecule has 196 valence electrons. The minimum absolute atomic E-state index is 0.0762. The van der Waals surface area contributed by atoms with E-state index in [-0.39, 0.29) is 17.5 Å². The van der Waals surface area contributed by atoms with Crippen LogP contribution in [0.1, 0.15) is 77.7 Å². The number of halogens is 1. The molecule has 1 atom stereocenters. The summed E-state index contributed by atoms with van der Waals surface area (Å²) >= 11 is 0. The van der Waals surface area contributed by atoms with Crippen molar-refractivity contribution in [2.24, 2.45) is 0 Å². The lowest BCUT2D eigenvalue weighted by molar-refractivity contribution is 0.0780. The molecular formula is C28H34FN5O3. The highest BCUT2D eigenvalue weighted by Crippen LogP contribution is 2.29. The first-order valence-corrected chi connectivity index (χ1v) is 12.8. The van der Waals surface area contributed by atoms with Gasteiger partial charge in [0.2, 0.25) is 0 Å². The van der Waals surface area contributed by atoms with Crippen molar-refractivity contribution < 1.29 is 18.7 Å². The van der Waals surface area contributed by atoms with Crippen molar-refractivity contribution in [2.45, 2.75) is 58.7 Å². The van der Waals surface area contributed by atoms with Crippen LogP contribution in [-0.2, 0) is 13.1 Å². The fourth-order valence-electron chi connectivity index (χ4n) is 4.97. The molecule has 1 aliphatic rings. The van der Waals surface area contributed by atoms with Crippen molar-refractivity contribution in [2.75, 3.05) is 20.3 Å². The highest BCUT2D eigenvalue weighted by atomic mass is 19.1. The van der Waals surface area contributed by atoms with E-state index in [9.17, 15) is 14.0 Å². The molecule has 0 unspecified atom stereocenters. The van der Waals surface area contributed by atoms with E-state index in [2.05, 4.69) is 9.88 Å². The van der Waals surface area contributed by atoms with Crippen molar-refractivity contribution in [3.63, 3.8) is 0 Å². The molecule has 1 aromatic heterocycles. The van der Waals surface area contributed by atoms with Gasteiger partial charge in [0.05, 0.1) is 35.3 Å². The Morgan fingerprint density at radius 2 is 2.03 bits per heavy atom. The summed E-state index contributed by atoms with van der Waals surface area (Å²) in [6.07, 6.45) is 2.26. The average Bonchev–Trinajstić information content (AvgIpc) is 3.46. The summed E-state index contributed by atoms with van der Waals surface area (Å²) < 4.78 is 20.2. The molecule has 8 nitrogen and oxygen atoms in total. The summed E-state index contributed by atoms with van der Waals surface area (Å²) in [6, 6.07) is 10.7. The second kappa shape index (κ2) is 11.5. The second-order valence-corrected chi connectivity index (χ2v) is 9.24. The summed E-state index contributed by atoms with van der Waals surface area (Å²) in [7, 11) is 1.61. The normalized spacial score (nSPS) is 13.6. The Bertz CT molecular complexity index is 1320. The zero-order valence-electron chi connectivity index (χ0n) is 21.6. The molecule has 0 saturated carbocycles. The molecule has 2 heterocycles. The summed E-state index contributed by atoms with van der Waals surface area (Å²) in [6.45, 7) is 4.94. The number of amides is 2. The Hall–Kier alpha value is -3.75. The Labute approximate surface area is 216 Å². The number of aromatic nitrogens is 2. The number of fused-ring (bicyclic) bond motifs is 2. The molecule has 2 N–H and O–H groups in total. The Morgan fingerprint density at radius 3 is 2.73 bits per heavy atom. The molecule has 0 aliphatic carbocycles. The van der Waals surface area contributed by atoms with E-state index in [1.165, 1.54) is 0 Å². The molecule has 0 fully saturated rings. The van der Waals surface area contributed by atoms with E-state index in [0.717, 1.165) is 16.6 Å². The summed E-state index contributed by atoms with van der Waals surface area (Å²) in [5.41, 5.74) is 3.46. The van der Waals surface area contributed by atoms with Crippen LogP contribution in [0, 0.1) is 5.41 Å². The predicted octanol–water partition coefficient (Wildman–Crippen LogP) is 5.06. The molecule has 3 aromatic rings. The van der Waals surface area contributed by atoms with Crippen molar-refractivity contribution >= 4 is 28.6 Å². The number of ether oxygens (including phenoxy) is 1. The molecule has 0 bridgehead atoms. The van der Waals surface area contributed by atoms with Crippen LogP contribution in [0.5, 0.6) is 5.75 Å². The van der Waals surface area contributed by atoms with Gasteiger partial charge in [0.25, 0.3) is 11.8 Å². The van der Waals surface area contributed by atoms with E-state index in [4.69, 9.17) is 15.1 Å². The van der Waals surface area contributed by atoms with Crippen molar-refractivity contribution in [3.05, 3.63) is 58.9 Å². The van der Waals surface area contributed by atoms with Crippen LogP contribution in [-0.4, -0.2) is 52.3 Å². The lowest BCUT2D eigenvalue weighted by Gasteiger charge is -2.20. The van der Waals surface area contributed by atoms with Gasteiger partial charge >= 0.3 is 0 Å². The van der Waals surface area contributed by atoms with Gasteiger partial charge in [-0.05, 0) is 56.9 Å². The SMILES string of the molecule is CCN1Cc2cccc(C(=O)N[C@@H](CCCCC(=N)CF)c3nc4cc(OC)ccc4n3CC)c2C1=O. The lowest BCUT2D eigenvalue weighted by atomic mass is 10.0. The number of nitrogens with zero attached hydrogens (tertiary/aromatic N) is 3. The molecular weight excluding hydrogens is 473 g/mol. The van der Waals surface area contributed by atoms with Crippen molar-refractivity contribution in [3.8, 4) is 5.75 Å². The number of nitrogens with one attached hydrogen (secondary N) is 2.